The van der Waals surface area contributed by atoms with Gasteiger partial charge in [-0.25, -0.2) is 26.6 Å². The van der Waals surface area contributed by atoms with Gasteiger partial charge in [-0.2, -0.15) is 26.3 Å². The third-order valence-electron chi connectivity index (χ3n) is 12.1. The van der Waals surface area contributed by atoms with E-state index in [1.54, 1.807) is 0 Å². The molecule has 5 aromatic carbocycles. The first-order chi connectivity index (χ1) is 35.9. The van der Waals surface area contributed by atoms with Crippen molar-refractivity contribution >= 4 is 77.1 Å². The van der Waals surface area contributed by atoms with Crippen LogP contribution in [0.3, 0.4) is 0 Å². The van der Waals surface area contributed by atoms with Crippen LogP contribution in [-0.4, -0.2) is 89.3 Å². The predicted octanol–water partition coefficient (Wildman–Crippen LogP) is 12.7. The molecule has 0 saturated carbocycles. The lowest BCUT2D eigenvalue weighted by atomic mass is 10.1. The molecule has 422 valence electrons. The lowest BCUT2D eigenvalue weighted by molar-refractivity contribution is -0.684. The van der Waals surface area contributed by atoms with Gasteiger partial charge in [-0.3, -0.25) is 0 Å². The summed E-state index contributed by atoms with van der Waals surface area (Å²) >= 11 is 0. The Morgan fingerprint density at radius 2 is 0.434 bits per heavy atom. The van der Waals surface area contributed by atoms with Gasteiger partial charge in [-0.05, 0) is 99.9 Å². The second-order valence-electron chi connectivity index (χ2n) is 18.3. The second kappa shape index (κ2) is 31.1. The second-order valence-corrected chi connectivity index (χ2v) is 21.0. The molecule has 0 aliphatic heterocycles. The van der Waals surface area contributed by atoms with Crippen molar-refractivity contribution in [3.8, 4) is 0 Å². The van der Waals surface area contributed by atoms with Crippen molar-refractivity contribution in [3.05, 3.63) is 121 Å². The molecule has 0 spiro atoms. The van der Waals surface area contributed by atoms with Crippen LogP contribution in [0.5, 0.6) is 0 Å². The minimum absolute atomic E-state index is 1.08. The van der Waals surface area contributed by atoms with E-state index in [9.17, 15) is 26.3 Å². The Balaban J connectivity index is 0.000000820. The smallest absolute Gasteiger partial charge is 0.485 e. The van der Waals surface area contributed by atoms with Crippen molar-refractivity contribution in [2.75, 3.05) is 72.0 Å². The number of rotatable bonds is 26. The van der Waals surface area contributed by atoms with Gasteiger partial charge >= 0.3 is 11.0 Å². The van der Waals surface area contributed by atoms with Gasteiger partial charge in [0.15, 0.2) is 20.2 Å². The van der Waals surface area contributed by atoms with E-state index in [-0.39, 0.29) is 0 Å². The standard InChI is InChI=1S/C54H76N6.2CHF3O3S/c1-9-37-55(38-10-2)45-17-25-49(26-18-45)59(50-27-19-46(20-28-50)56(39-11-3)40-12-4)53-33-35-54(36-34-53)60(51-29-21-47(22-30-51)57(41-13-5)42-14-6)52-31-23-48(24-32-52)58(43-15-7)44-16-8;2*2-1(3,4)8(5,6)7/h17-36H,9-16,37-44H2,1-8H3;2*(H,5,6,7). The maximum atomic E-state index is 10.7. The fraction of sp³-hybridized carbons (Fsp3) is 0.464. The number of benzene rings is 5. The van der Waals surface area contributed by atoms with Gasteiger partial charge < -0.3 is 28.7 Å². The molecule has 0 heterocycles. The van der Waals surface area contributed by atoms with Crippen LogP contribution in [0.4, 0.5) is 83.2 Å². The lowest BCUT2D eigenvalue weighted by Gasteiger charge is -2.26. The molecule has 0 aliphatic rings. The van der Waals surface area contributed by atoms with Crippen molar-refractivity contribution in [1.29, 1.82) is 0 Å². The summed E-state index contributed by atoms with van der Waals surface area (Å²) in [6.45, 7) is 26.8. The average molecular weight is 1110 g/mol. The van der Waals surface area contributed by atoms with Crippen LogP contribution in [0.1, 0.15) is 107 Å². The van der Waals surface area contributed by atoms with Crippen LogP contribution in [0.2, 0.25) is 0 Å². The minimum atomic E-state index is -6.09. The Labute approximate surface area is 448 Å². The summed E-state index contributed by atoms with van der Waals surface area (Å²) in [4.78, 5) is 12.6. The van der Waals surface area contributed by atoms with Crippen LogP contribution in [0.25, 0.3) is 0 Å². The van der Waals surface area contributed by atoms with E-state index < -0.39 is 31.3 Å². The molecular formula is C56H78F6N6O6S2. The summed E-state index contributed by atoms with van der Waals surface area (Å²) in [5.74, 6) is 0. The van der Waals surface area contributed by atoms with Gasteiger partial charge in [0.25, 0.3) is 0 Å². The number of hydrogen-bond donors (Lipinski definition) is 2. The molecule has 20 heteroatoms. The van der Waals surface area contributed by atoms with Gasteiger partial charge in [0, 0.05) is 148 Å². The molecule has 0 radical (unpaired) electrons. The molecule has 5 aromatic rings. The molecule has 0 fully saturated rings. The minimum Gasteiger partial charge on any atom is -0.741 e. The highest BCUT2D eigenvalue weighted by molar-refractivity contribution is 7.86. The maximum Gasteiger partial charge on any atom is 0.485 e. The largest absolute Gasteiger partial charge is 0.741 e. The first-order valence-corrected chi connectivity index (χ1v) is 29.0. The number of hydrogen-bond acceptors (Lipinski definition) is 10. The summed E-state index contributed by atoms with van der Waals surface area (Å²) in [6.07, 6.45) is 9.15. The molecule has 12 nitrogen and oxygen atoms in total. The van der Waals surface area contributed by atoms with Crippen molar-refractivity contribution in [2.24, 2.45) is 0 Å². The topological polar surface area (TPSA) is 136 Å². The first kappa shape index (κ1) is 64.9. The SMILES string of the molecule is CCCN(CCC)c1ccc([NH+](c2ccc(N(CCC)CCC)cc2)c2ccc([NH+](c3ccc(N(CCC)CCC)cc3)c3ccc(N(CCC)CCC)cc3)cc2)cc1.O=S(=O)([O-])C(F)(F)F.O=S(=O)([O-])C(F)(F)F. The predicted molar refractivity (Wildman–Crippen MR) is 295 cm³/mol. The van der Waals surface area contributed by atoms with E-state index in [2.05, 4.69) is 196 Å². The molecule has 0 atom stereocenters. The monoisotopic (exact) mass is 1110 g/mol. The molecular weight excluding hydrogens is 1030 g/mol. The van der Waals surface area contributed by atoms with Gasteiger partial charge in [0.05, 0.1) is 0 Å². The highest BCUT2D eigenvalue weighted by Gasteiger charge is 2.37. The van der Waals surface area contributed by atoms with E-state index >= 15 is 0 Å². The van der Waals surface area contributed by atoms with Gasteiger partial charge in [0.1, 0.15) is 34.1 Å². The quantitative estimate of drug-likeness (QED) is 0.0313. The molecule has 0 amide bonds. The summed E-state index contributed by atoms with van der Waals surface area (Å²) in [7, 11) is -12.2. The summed E-state index contributed by atoms with van der Waals surface area (Å²) < 4.78 is 118. The fourth-order valence-electron chi connectivity index (χ4n) is 8.80. The number of nitrogens with zero attached hydrogens (tertiary/aromatic N) is 4. The van der Waals surface area contributed by atoms with E-state index in [4.69, 9.17) is 25.9 Å². The summed E-state index contributed by atoms with van der Waals surface area (Å²) in [5.41, 5.74) is 1.36. The molecule has 0 aliphatic carbocycles. The van der Waals surface area contributed by atoms with Crippen LogP contribution in [0, 0.1) is 0 Å². The Bertz CT molecular complexity index is 2320. The number of anilines is 4. The van der Waals surface area contributed by atoms with Crippen molar-refractivity contribution in [2.45, 2.75) is 118 Å². The van der Waals surface area contributed by atoms with Crippen LogP contribution in [0.15, 0.2) is 121 Å². The molecule has 0 unspecified atom stereocenters. The molecule has 0 saturated heterocycles. The normalized spacial score (nSPS) is 11.9. The molecule has 76 heavy (non-hydrogen) atoms. The Morgan fingerprint density at radius 1 is 0.316 bits per heavy atom. The third-order valence-corrected chi connectivity index (χ3v) is 13.2. The van der Waals surface area contributed by atoms with Gasteiger partial charge in [-0.15, -0.1) is 0 Å². The highest BCUT2D eigenvalue weighted by Crippen LogP contribution is 2.27. The molecule has 0 aromatic heterocycles. The van der Waals surface area contributed by atoms with Crippen LogP contribution >= 0.6 is 0 Å². The van der Waals surface area contributed by atoms with Crippen molar-refractivity contribution < 1.29 is 62.1 Å². The Kier molecular flexibility index (Phi) is 26.6. The number of alkyl halides is 6. The summed E-state index contributed by atoms with van der Waals surface area (Å²) in [6, 6.07) is 46.8. The van der Waals surface area contributed by atoms with E-state index in [0.717, 1.165) is 104 Å². The van der Waals surface area contributed by atoms with Gasteiger partial charge in [0.2, 0.25) is 0 Å². The fourth-order valence-corrected chi connectivity index (χ4v) is 8.80. The summed E-state index contributed by atoms with van der Waals surface area (Å²) in [5, 5.41) is 0. The molecule has 2 N–H and O–H groups in total. The number of quaternary nitrogens is 2. The van der Waals surface area contributed by atoms with Gasteiger partial charge in [-0.1, -0.05) is 55.4 Å². The third kappa shape index (κ3) is 19.6. The number of nitrogens with one attached hydrogen (secondary N) is 2. The van der Waals surface area contributed by atoms with E-state index in [0.29, 0.717) is 0 Å². The Morgan fingerprint density at radius 3 is 0.539 bits per heavy atom. The zero-order valence-corrected chi connectivity index (χ0v) is 46.8. The van der Waals surface area contributed by atoms with Crippen LogP contribution < -0.4 is 29.4 Å². The number of halogens is 6. The molecule has 5 rings (SSSR count). The van der Waals surface area contributed by atoms with Crippen LogP contribution in [-0.2, 0) is 20.2 Å². The van der Waals surface area contributed by atoms with E-state index in [1.807, 2.05) is 0 Å². The maximum absolute atomic E-state index is 10.7. The van der Waals surface area contributed by atoms with Crippen molar-refractivity contribution in [3.63, 3.8) is 0 Å². The Hall–Kier alpha value is -5.38. The lowest BCUT2D eigenvalue weighted by Crippen LogP contribution is -2.97. The zero-order chi connectivity index (χ0) is 56.7. The molecule has 0 bridgehead atoms. The zero-order valence-electron chi connectivity index (χ0n) is 45.2. The first-order valence-electron chi connectivity index (χ1n) is 26.2. The average Bonchev–Trinajstić information content (AvgIpc) is 3.37. The van der Waals surface area contributed by atoms with Crippen molar-refractivity contribution in [1.82, 2.24) is 0 Å². The van der Waals surface area contributed by atoms with E-state index in [1.165, 1.54) is 66.7 Å². The highest BCUT2D eigenvalue weighted by atomic mass is 32.2.